The lowest BCUT2D eigenvalue weighted by atomic mass is 9.79. The minimum absolute atomic E-state index is 0.0614. The van der Waals surface area contributed by atoms with Gasteiger partial charge < -0.3 is 10.5 Å². The molecule has 0 radical (unpaired) electrons. The van der Waals surface area contributed by atoms with Crippen molar-refractivity contribution in [1.82, 2.24) is 5.32 Å². The van der Waals surface area contributed by atoms with Crippen molar-refractivity contribution in [2.24, 2.45) is 10.7 Å². The summed E-state index contributed by atoms with van der Waals surface area (Å²) in [6, 6.07) is 0. The van der Waals surface area contributed by atoms with E-state index in [2.05, 4.69) is 10.3 Å². The van der Waals surface area contributed by atoms with E-state index in [1.54, 1.807) is 6.92 Å². The van der Waals surface area contributed by atoms with Crippen LogP contribution in [0.5, 0.6) is 0 Å². The number of hydrogen-bond acceptors (Lipinski definition) is 5. The summed E-state index contributed by atoms with van der Waals surface area (Å²) in [5.41, 5.74) is 7.18. The third kappa shape index (κ3) is 2.05. The molecule has 1 amide bonds. The third-order valence-corrected chi connectivity index (χ3v) is 4.63. The van der Waals surface area contributed by atoms with Crippen molar-refractivity contribution in [3.05, 3.63) is 22.4 Å². The summed E-state index contributed by atoms with van der Waals surface area (Å²) in [6.07, 6.45) is 4.99. The molecule has 6 heteroatoms. The van der Waals surface area contributed by atoms with Crippen LogP contribution in [0.4, 0.5) is 0 Å². The molecule has 0 bridgehead atoms. The van der Waals surface area contributed by atoms with Gasteiger partial charge in [0.25, 0.3) is 5.91 Å². The Hall–Kier alpha value is -2.11. The fraction of sp³-hybridized carbons (Fsp3) is 0.533. The molecule has 3 aliphatic rings. The molecule has 112 valence electrons. The maximum Gasteiger partial charge on any atom is 0.339 e. The Morgan fingerprint density at radius 2 is 1.95 bits per heavy atom. The van der Waals surface area contributed by atoms with Gasteiger partial charge in [0, 0.05) is 0 Å². The average molecular weight is 289 g/mol. The first-order valence-electron chi connectivity index (χ1n) is 7.26. The van der Waals surface area contributed by atoms with Crippen LogP contribution in [-0.4, -0.2) is 23.4 Å². The lowest BCUT2D eigenvalue weighted by molar-refractivity contribution is -0.149. The van der Waals surface area contributed by atoms with Gasteiger partial charge in [-0.15, -0.1) is 0 Å². The lowest BCUT2D eigenvalue weighted by Crippen LogP contribution is -2.33. The summed E-state index contributed by atoms with van der Waals surface area (Å²) in [4.78, 5) is 28.1. The highest BCUT2D eigenvalue weighted by atomic mass is 16.6. The molecule has 0 aromatic rings. The summed E-state index contributed by atoms with van der Waals surface area (Å²) < 4.78 is 5.70. The van der Waals surface area contributed by atoms with Crippen molar-refractivity contribution in [3.63, 3.8) is 0 Å². The zero-order chi connectivity index (χ0) is 15.2. The van der Waals surface area contributed by atoms with Gasteiger partial charge >= 0.3 is 5.97 Å². The van der Waals surface area contributed by atoms with Crippen LogP contribution in [0.15, 0.2) is 27.4 Å². The smallest absolute Gasteiger partial charge is 0.339 e. The van der Waals surface area contributed by atoms with E-state index in [1.807, 2.05) is 6.92 Å². The summed E-state index contributed by atoms with van der Waals surface area (Å²) in [7, 11) is 0. The minimum Gasteiger partial charge on any atom is -0.451 e. The molecule has 2 heterocycles. The maximum absolute atomic E-state index is 12.3. The Bertz CT molecular complexity index is 622. The molecule has 1 spiro atoms. The number of carbonyl (C=O) groups is 2. The van der Waals surface area contributed by atoms with Crippen molar-refractivity contribution in [2.75, 3.05) is 0 Å². The van der Waals surface area contributed by atoms with E-state index >= 15 is 0 Å². The predicted octanol–water partition coefficient (Wildman–Crippen LogP) is 1.28. The van der Waals surface area contributed by atoms with Crippen molar-refractivity contribution in [1.29, 1.82) is 0 Å². The SMILES string of the molecule is CC(=C1N=C(N)NC1=O)C1=C(C)C2(CCCCC2)OC1=O. The van der Waals surface area contributed by atoms with E-state index in [0.29, 0.717) is 11.1 Å². The topological polar surface area (TPSA) is 93.8 Å². The second-order valence-electron chi connectivity index (χ2n) is 5.87. The number of nitrogens with two attached hydrogens (primary N) is 1. The largest absolute Gasteiger partial charge is 0.451 e. The van der Waals surface area contributed by atoms with Crippen LogP contribution in [0.25, 0.3) is 0 Å². The van der Waals surface area contributed by atoms with Crippen LogP contribution in [0.2, 0.25) is 0 Å². The number of rotatable bonds is 1. The van der Waals surface area contributed by atoms with Gasteiger partial charge in [0.2, 0.25) is 5.96 Å². The lowest BCUT2D eigenvalue weighted by Gasteiger charge is -2.33. The van der Waals surface area contributed by atoms with E-state index in [1.165, 1.54) is 6.42 Å². The van der Waals surface area contributed by atoms with E-state index in [-0.39, 0.29) is 23.5 Å². The number of aliphatic imine (C=N–C) groups is 1. The standard InChI is InChI=1S/C15H19N3O3/c1-8(11-12(19)18-14(16)17-11)10-9(2)15(21-13(10)20)6-4-3-5-7-15/h3-7H2,1-2H3,(H3,16,17,18,19). The van der Waals surface area contributed by atoms with Crippen LogP contribution in [0.3, 0.4) is 0 Å². The predicted molar refractivity (Wildman–Crippen MR) is 77.1 cm³/mol. The Kier molecular flexibility index (Phi) is 3.11. The maximum atomic E-state index is 12.3. The molecule has 6 nitrogen and oxygen atoms in total. The molecule has 0 aromatic heterocycles. The van der Waals surface area contributed by atoms with Crippen molar-refractivity contribution in [3.8, 4) is 0 Å². The Morgan fingerprint density at radius 3 is 2.52 bits per heavy atom. The first-order chi connectivity index (χ1) is 9.94. The number of carbonyl (C=O) groups excluding carboxylic acids is 2. The van der Waals surface area contributed by atoms with Gasteiger partial charge in [0.1, 0.15) is 11.3 Å². The number of amides is 1. The normalized spacial score (nSPS) is 26.9. The molecule has 2 aliphatic heterocycles. The molecule has 0 unspecified atom stereocenters. The van der Waals surface area contributed by atoms with Crippen LogP contribution in [0, 0.1) is 0 Å². The molecule has 3 N–H and O–H groups in total. The number of guanidine groups is 1. The molecule has 0 saturated heterocycles. The summed E-state index contributed by atoms with van der Waals surface area (Å²) in [5.74, 6) is -0.665. The minimum atomic E-state index is -0.475. The number of esters is 1. The molecule has 1 fully saturated rings. The van der Waals surface area contributed by atoms with Gasteiger partial charge in [-0.05, 0) is 50.7 Å². The highest BCUT2D eigenvalue weighted by Gasteiger charge is 2.46. The zero-order valence-electron chi connectivity index (χ0n) is 12.3. The molecule has 21 heavy (non-hydrogen) atoms. The summed E-state index contributed by atoms with van der Waals surface area (Å²) in [5, 5.41) is 2.43. The Morgan fingerprint density at radius 1 is 1.29 bits per heavy atom. The second kappa shape index (κ2) is 4.72. The van der Waals surface area contributed by atoms with Crippen LogP contribution in [-0.2, 0) is 14.3 Å². The molecule has 1 aliphatic carbocycles. The first kappa shape index (κ1) is 13.9. The van der Waals surface area contributed by atoms with Crippen molar-refractivity contribution < 1.29 is 14.3 Å². The van der Waals surface area contributed by atoms with E-state index in [9.17, 15) is 9.59 Å². The fourth-order valence-corrected chi connectivity index (χ4v) is 3.47. The zero-order valence-corrected chi connectivity index (χ0v) is 12.3. The highest BCUT2D eigenvalue weighted by Crippen LogP contribution is 2.45. The first-order valence-corrected chi connectivity index (χ1v) is 7.26. The summed E-state index contributed by atoms with van der Waals surface area (Å²) in [6.45, 7) is 3.65. The second-order valence-corrected chi connectivity index (χ2v) is 5.87. The van der Waals surface area contributed by atoms with Crippen LogP contribution >= 0.6 is 0 Å². The molecular weight excluding hydrogens is 270 g/mol. The molecular formula is C15H19N3O3. The fourth-order valence-electron chi connectivity index (χ4n) is 3.47. The number of nitrogens with zero attached hydrogens (tertiary/aromatic N) is 1. The van der Waals surface area contributed by atoms with Crippen molar-refractivity contribution in [2.45, 2.75) is 51.6 Å². The summed E-state index contributed by atoms with van der Waals surface area (Å²) >= 11 is 0. The van der Waals surface area contributed by atoms with Crippen LogP contribution in [0.1, 0.15) is 46.0 Å². The van der Waals surface area contributed by atoms with E-state index < -0.39 is 5.60 Å². The van der Waals surface area contributed by atoms with Crippen molar-refractivity contribution >= 4 is 17.8 Å². The number of nitrogens with one attached hydrogen (secondary N) is 1. The molecule has 3 rings (SSSR count). The third-order valence-electron chi connectivity index (χ3n) is 4.63. The van der Waals surface area contributed by atoms with Crippen LogP contribution < -0.4 is 11.1 Å². The molecule has 0 aromatic carbocycles. The van der Waals surface area contributed by atoms with E-state index in [0.717, 1.165) is 31.3 Å². The van der Waals surface area contributed by atoms with E-state index in [4.69, 9.17) is 10.5 Å². The van der Waals surface area contributed by atoms with Gasteiger partial charge in [-0.1, -0.05) is 6.42 Å². The number of ether oxygens (including phenoxy) is 1. The Balaban J connectivity index is 2.06. The highest BCUT2D eigenvalue weighted by molar-refractivity contribution is 6.13. The van der Waals surface area contributed by atoms with Gasteiger partial charge in [0.05, 0.1) is 5.57 Å². The number of hydrogen-bond donors (Lipinski definition) is 2. The van der Waals surface area contributed by atoms with Gasteiger partial charge in [-0.3, -0.25) is 10.1 Å². The molecule has 0 atom stereocenters. The average Bonchev–Trinajstić information content (AvgIpc) is 2.88. The van der Waals surface area contributed by atoms with Gasteiger partial charge in [-0.2, -0.15) is 0 Å². The van der Waals surface area contributed by atoms with Gasteiger partial charge in [0.15, 0.2) is 0 Å². The monoisotopic (exact) mass is 289 g/mol. The Labute approximate surface area is 123 Å². The van der Waals surface area contributed by atoms with Gasteiger partial charge in [-0.25, -0.2) is 9.79 Å². The molecule has 1 saturated carbocycles. The quantitative estimate of drug-likeness (QED) is 0.561.